The van der Waals surface area contributed by atoms with Gasteiger partial charge in [-0.15, -0.1) is 0 Å². The van der Waals surface area contributed by atoms with Crippen LogP contribution >= 0.6 is 15.9 Å². The van der Waals surface area contributed by atoms with Crippen molar-refractivity contribution in [2.75, 3.05) is 0 Å². The van der Waals surface area contributed by atoms with Gasteiger partial charge in [-0.05, 0) is 17.7 Å². The summed E-state index contributed by atoms with van der Waals surface area (Å²) in [5.74, 6) is -0.625. The summed E-state index contributed by atoms with van der Waals surface area (Å²) in [5, 5.41) is 0. The highest BCUT2D eigenvalue weighted by atomic mass is 79.9. The van der Waals surface area contributed by atoms with Gasteiger partial charge in [0.1, 0.15) is 4.83 Å². The van der Waals surface area contributed by atoms with E-state index in [1.165, 1.54) is 12.1 Å². The molecule has 0 aliphatic carbocycles. The number of halogens is 1. The van der Waals surface area contributed by atoms with Crippen LogP contribution in [0.4, 0.5) is 0 Å². The predicted molar refractivity (Wildman–Crippen MR) is 79.9 cm³/mol. The zero-order valence-electron chi connectivity index (χ0n) is 10.4. The third-order valence-electron chi connectivity index (χ3n) is 2.61. The molecule has 104 valence electrons. The first-order valence-corrected chi connectivity index (χ1v) is 8.21. The minimum absolute atomic E-state index is 0.0566. The van der Waals surface area contributed by atoms with Crippen LogP contribution in [0.1, 0.15) is 10.4 Å². The van der Waals surface area contributed by atoms with Crippen molar-refractivity contribution in [2.45, 2.75) is 9.72 Å². The van der Waals surface area contributed by atoms with Gasteiger partial charge in [0, 0.05) is 0 Å². The minimum atomic E-state index is -3.84. The summed E-state index contributed by atoms with van der Waals surface area (Å²) in [4.78, 5) is 11.3. The minimum Gasteiger partial charge on any atom is -0.272 e. The molecule has 4 nitrogen and oxygen atoms in total. The summed E-state index contributed by atoms with van der Waals surface area (Å²) in [5.41, 5.74) is 0.688. The van der Waals surface area contributed by atoms with Crippen molar-refractivity contribution < 1.29 is 13.2 Å². The largest absolute Gasteiger partial charge is 0.272 e. The monoisotopic (exact) mass is 353 g/mol. The zero-order valence-corrected chi connectivity index (χ0v) is 12.8. The molecule has 0 saturated heterocycles. The predicted octanol–water partition coefficient (Wildman–Crippen LogP) is 2.63. The van der Waals surface area contributed by atoms with Crippen LogP contribution in [0, 0.1) is 0 Å². The van der Waals surface area contributed by atoms with E-state index in [1.54, 1.807) is 42.5 Å². The van der Waals surface area contributed by atoms with Gasteiger partial charge in [0.05, 0.1) is 4.90 Å². The zero-order chi connectivity index (χ0) is 14.6. The van der Waals surface area contributed by atoms with Crippen molar-refractivity contribution in [1.82, 2.24) is 4.72 Å². The van der Waals surface area contributed by atoms with Crippen molar-refractivity contribution in [3.63, 3.8) is 0 Å². The summed E-state index contributed by atoms with van der Waals surface area (Å²) in [6, 6.07) is 16.6. The Morgan fingerprint density at radius 2 is 1.45 bits per heavy atom. The molecule has 1 unspecified atom stereocenters. The second-order valence-corrected chi connectivity index (χ2v) is 6.65. The van der Waals surface area contributed by atoms with Crippen LogP contribution in [-0.2, 0) is 14.8 Å². The van der Waals surface area contributed by atoms with E-state index in [4.69, 9.17) is 0 Å². The maximum absolute atomic E-state index is 12.0. The Kier molecular flexibility index (Phi) is 4.57. The second kappa shape index (κ2) is 6.19. The van der Waals surface area contributed by atoms with E-state index in [9.17, 15) is 13.2 Å². The number of nitrogens with one attached hydrogen (secondary N) is 1. The van der Waals surface area contributed by atoms with Crippen LogP contribution in [0.15, 0.2) is 65.6 Å². The van der Waals surface area contributed by atoms with Gasteiger partial charge >= 0.3 is 0 Å². The van der Waals surface area contributed by atoms with E-state index in [1.807, 2.05) is 6.07 Å². The number of sulfonamides is 1. The van der Waals surface area contributed by atoms with Gasteiger partial charge in [-0.3, -0.25) is 4.79 Å². The number of carbonyl (C=O) groups excluding carboxylic acids is 1. The fourth-order valence-corrected chi connectivity index (χ4v) is 3.20. The average Bonchev–Trinajstić information content (AvgIpc) is 2.48. The molecular formula is C14H12BrNO3S. The summed E-state index contributed by atoms with van der Waals surface area (Å²) in [7, 11) is -3.84. The van der Waals surface area contributed by atoms with Crippen molar-refractivity contribution >= 4 is 31.9 Å². The quantitative estimate of drug-likeness (QED) is 0.859. The molecule has 0 radical (unpaired) electrons. The number of hydrogen-bond donors (Lipinski definition) is 1. The van der Waals surface area contributed by atoms with Gasteiger partial charge in [0.15, 0.2) is 0 Å². The molecular weight excluding hydrogens is 342 g/mol. The van der Waals surface area contributed by atoms with Gasteiger partial charge < -0.3 is 0 Å². The number of rotatable bonds is 4. The highest BCUT2D eigenvalue weighted by molar-refractivity contribution is 9.09. The van der Waals surface area contributed by atoms with Crippen LogP contribution < -0.4 is 4.72 Å². The topological polar surface area (TPSA) is 63.2 Å². The summed E-state index contributed by atoms with van der Waals surface area (Å²) < 4.78 is 26.1. The van der Waals surface area contributed by atoms with E-state index in [0.29, 0.717) is 5.56 Å². The van der Waals surface area contributed by atoms with Crippen LogP contribution in [0.3, 0.4) is 0 Å². The third-order valence-corrected chi connectivity index (χ3v) is 4.92. The smallest absolute Gasteiger partial charge is 0.264 e. The van der Waals surface area contributed by atoms with Crippen molar-refractivity contribution in [3.05, 3.63) is 66.2 Å². The van der Waals surface area contributed by atoms with Crippen LogP contribution in [0.25, 0.3) is 0 Å². The Morgan fingerprint density at radius 1 is 0.950 bits per heavy atom. The Labute approximate surface area is 126 Å². The van der Waals surface area contributed by atoms with Crippen LogP contribution in [0.5, 0.6) is 0 Å². The molecule has 0 fully saturated rings. The number of benzene rings is 2. The Bertz CT molecular complexity index is 687. The van der Waals surface area contributed by atoms with E-state index < -0.39 is 20.8 Å². The SMILES string of the molecule is O=C(NS(=O)(=O)c1ccccc1)C(Br)c1ccccc1. The van der Waals surface area contributed by atoms with E-state index in [-0.39, 0.29) is 4.90 Å². The molecule has 2 aromatic carbocycles. The highest BCUT2D eigenvalue weighted by Gasteiger charge is 2.23. The molecule has 0 aliphatic rings. The fourth-order valence-electron chi connectivity index (χ4n) is 1.62. The lowest BCUT2D eigenvalue weighted by Crippen LogP contribution is -2.32. The van der Waals surface area contributed by atoms with Gasteiger partial charge in [0.25, 0.3) is 15.9 Å². The summed E-state index contributed by atoms with van der Waals surface area (Å²) in [6.07, 6.45) is 0. The van der Waals surface area contributed by atoms with E-state index in [2.05, 4.69) is 20.7 Å². The summed E-state index contributed by atoms with van der Waals surface area (Å²) in [6.45, 7) is 0. The lowest BCUT2D eigenvalue weighted by atomic mass is 10.1. The normalized spacial score (nSPS) is 12.7. The Hall–Kier alpha value is -1.66. The molecule has 0 aliphatic heterocycles. The molecule has 0 saturated carbocycles. The number of hydrogen-bond acceptors (Lipinski definition) is 3. The maximum atomic E-state index is 12.0. The van der Waals surface area contributed by atoms with Gasteiger partial charge in [-0.1, -0.05) is 64.5 Å². The summed E-state index contributed by atoms with van der Waals surface area (Å²) >= 11 is 3.20. The Balaban J connectivity index is 2.16. The van der Waals surface area contributed by atoms with Gasteiger partial charge in [0.2, 0.25) is 0 Å². The number of carbonyl (C=O) groups is 1. The fraction of sp³-hybridized carbons (Fsp3) is 0.0714. The van der Waals surface area contributed by atoms with Gasteiger partial charge in [-0.2, -0.15) is 0 Å². The van der Waals surface area contributed by atoms with Crippen molar-refractivity contribution in [1.29, 1.82) is 0 Å². The van der Waals surface area contributed by atoms with Crippen molar-refractivity contribution in [3.8, 4) is 0 Å². The molecule has 6 heteroatoms. The van der Waals surface area contributed by atoms with E-state index in [0.717, 1.165) is 0 Å². The molecule has 0 bridgehead atoms. The highest BCUT2D eigenvalue weighted by Crippen LogP contribution is 2.23. The molecule has 1 amide bonds. The average molecular weight is 354 g/mol. The Morgan fingerprint density at radius 3 is 2.00 bits per heavy atom. The molecule has 20 heavy (non-hydrogen) atoms. The number of amides is 1. The molecule has 1 atom stereocenters. The first-order chi connectivity index (χ1) is 9.50. The second-order valence-electron chi connectivity index (χ2n) is 4.06. The molecule has 2 aromatic rings. The lowest BCUT2D eigenvalue weighted by molar-refractivity contribution is -0.118. The first kappa shape index (κ1) is 14.7. The number of alkyl halides is 1. The third kappa shape index (κ3) is 3.46. The molecule has 0 heterocycles. The standard InChI is InChI=1S/C14H12BrNO3S/c15-13(11-7-3-1-4-8-11)14(17)16-20(18,19)12-9-5-2-6-10-12/h1-10,13H,(H,16,17). The lowest BCUT2D eigenvalue weighted by Gasteiger charge is -2.11. The molecule has 0 aromatic heterocycles. The first-order valence-electron chi connectivity index (χ1n) is 5.81. The molecule has 0 spiro atoms. The van der Waals surface area contributed by atoms with E-state index >= 15 is 0 Å². The van der Waals surface area contributed by atoms with Gasteiger partial charge in [-0.25, -0.2) is 13.1 Å². The van der Waals surface area contributed by atoms with Crippen molar-refractivity contribution in [2.24, 2.45) is 0 Å². The maximum Gasteiger partial charge on any atom is 0.264 e. The molecule has 2 rings (SSSR count). The van der Waals surface area contributed by atoms with Crippen LogP contribution in [-0.4, -0.2) is 14.3 Å². The van der Waals surface area contributed by atoms with Crippen LogP contribution in [0.2, 0.25) is 0 Å². The molecule has 1 N–H and O–H groups in total.